The molecule has 1 aliphatic carbocycles. The van der Waals surface area contributed by atoms with Crippen LogP contribution in [0.3, 0.4) is 0 Å². The van der Waals surface area contributed by atoms with E-state index in [9.17, 15) is 9.90 Å². The number of aliphatic hydroxyl groups is 1. The summed E-state index contributed by atoms with van der Waals surface area (Å²) in [6, 6.07) is 0. The molecule has 1 rings (SSSR count). The summed E-state index contributed by atoms with van der Waals surface area (Å²) >= 11 is 0. The van der Waals surface area contributed by atoms with Gasteiger partial charge in [-0.1, -0.05) is 27.2 Å². The lowest BCUT2D eigenvalue weighted by Crippen LogP contribution is -2.40. The lowest BCUT2D eigenvalue weighted by molar-refractivity contribution is -0.152. The van der Waals surface area contributed by atoms with Gasteiger partial charge in [-0.15, -0.1) is 0 Å². The van der Waals surface area contributed by atoms with Crippen LogP contribution >= 0.6 is 0 Å². The quantitative estimate of drug-likeness (QED) is 0.755. The minimum Gasteiger partial charge on any atom is -0.481 e. The SMILES string of the molecule is CCCC(C(=O)O)C1(O)CCC(C)(C)C1. The Bertz CT molecular complexity index is 247. The predicted octanol–water partition coefficient (Wildman–Crippen LogP) is 2.43. The van der Waals surface area contributed by atoms with Gasteiger partial charge in [-0.2, -0.15) is 0 Å². The second-order valence-corrected chi connectivity index (χ2v) is 5.62. The number of carboxylic acids is 1. The van der Waals surface area contributed by atoms with Gasteiger partial charge in [0.05, 0.1) is 11.5 Å². The van der Waals surface area contributed by atoms with Crippen molar-refractivity contribution in [2.45, 2.75) is 58.5 Å². The zero-order valence-electron chi connectivity index (χ0n) is 9.92. The topological polar surface area (TPSA) is 57.5 Å². The molecule has 0 aromatic heterocycles. The Hall–Kier alpha value is -0.570. The highest BCUT2D eigenvalue weighted by molar-refractivity contribution is 5.71. The molecule has 2 unspecified atom stereocenters. The van der Waals surface area contributed by atoms with Crippen molar-refractivity contribution in [1.29, 1.82) is 0 Å². The second kappa shape index (κ2) is 4.12. The molecular formula is C12H22O3. The first-order valence-corrected chi connectivity index (χ1v) is 5.76. The van der Waals surface area contributed by atoms with Crippen LogP contribution in [0.25, 0.3) is 0 Å². The van der Waals surface area contributed by atoms with Gasteiger partial charge in [0.15, 0.2) is 0 Å². The van der Waals surface area contributed by atoms with Crippen LogP contribution < -0.4 is 0 Å². The molecule has 15 heavy (non-hydrogen) atoms. The fraction of sp³-hybridized carbons (Fsp3) is 0.917. The summed E-state index contributed by atoms with van der Waals surface area (Å²) in [5.74, 6) is -1.44. The molecule has 0 bridgehead atoms. The number of rotatable bonds is 4. The highest BCUT2D eigenvalue weighted by Crippen LogP contribution is 2.48. The summed E-state index contributed by atoms with van der Waals surface area (Å²) in [7, 11) is 0. The fourth-order valence-corrected chi connectivity index (χ4v) is 2.77. The van der Waals surface area contributed by atoms with Crippen molar-refractivity contribution >= 4 is 5.97 Å². The Balaban J connectivity index is 2.79. The van der Waals surface area contributed by atoms with Gasteiger partial charge in [-0.3, -0.25) is 4.79 Å². The molecule has 0 aromatic rings. The van der Waals surface area contributed by atoms with Crippen LogP contribution in [0.15, 0.2) is 0 Å². The monoisotopic (exact) mass is 214 g/mol. The maximum Gasteiger partial charge on any atom is 0.309 e. The van der Waals surface area contributed by atoms with E-state index in [4.69, 9.17) is 5.11 Å². The first-order chi connectivity index (χ1) is 6.81. The molecule has 0 spiro atoms. The zero-order valence-corrected chi connectivity index (χ0v) is 9.92. The molecule has 3 nitrogen and oxygen atoms in total. The molecule has 0 aliphatic heterocycles. The summed E-state index contributed by atoms with van der Waals surface area (Å²) in [6.45, 7) is 6.14. The number of hydrogen-bond acceptors (Lipinski definition) is 2. The molecule has 2 N–H and O–H groups in total. The molecule has 1 aliphatic rings. The van der Waals surface area contributed by atoms with E-state index in [0.29, 0.717) is 19.3 Å². The number of aliphatic carboxylic acids is 1. The van der Waals surface area contributed by atoms with Gasteiger partial charge in [-0.05, 0) is 31.1 Å². The van der Waals surface area contributed by atoms with Gasteiger partial charge in [0.2, 0.25) is 0 Å². The summed E-state index contributed by atoms with van der Waals surface area (Å²) in [5.41, 5.74) is -0.901. The normalized spacial score (nSPS) is 31.5. The maximum atomic E-state index is 11.1. The fourth-order valence-electron chi connectivity index (χ4n) is 2.77. The molecule has 0 heterocycles. The van der Waals surface area contributed by atoms with E-state index in [2.05, 4.69) is 13.8 Å². The third kappa shape index (κ3) is 2.71. The molecule has 0 radical (unpaired) electrons. The molecule has 0 amide bonds. The maximum absolute atomic E-state index is 11.1. The third-order valence-electron chi connectivity index (χ3n) is 3.54. The first kappa shape index (κ1) is 12.5. The third-order valence-corrected chi connectivity index (χ3v) is 3.54. The summed E-state index contributed by atoms with van der Waals surface area (Å²) in [4.78, 5) is 11.1. The molecule has 0 aromatic carbocycles. The number of carbonyl (C=O) groups is 1. The van der Waals surface area contributed by atoms with Crippen LogP contribution in [0, 0.1) is 11.3 Å². The number of hydrogen-bond donors (Lipinski definition) is 2. The molecule has 0 saturated heterocycles. The smallest absolute Gasteiger partial charge is 0.309 e. The molecule has 2 atom stereocenters. The van der Waals surface area contributed by atoms with Gasteiger partial charge >= 0.3 is 5.97 Å². The molecule has 1 fully saturated rings. The standard InChI is InChI=1S/C12H22O3/c1-4-5-9(10(13)14)12(15)7-6-11(2,3)8-12/h9,15H,4-8H2,1-3H3,(H,13,14). The van der Waals surface area contributed by atoms with Crippen molar-refractivity contribution in [3.8, 4) is 0 Å². The largest absolute Gasteiger partial charge is 0.481 e. The van der Waals surface area contributed by atoms with Crippen molar-refractivity contribution in [2.24, 2.45) is 11.3 Å². The Morgan fingerprint density at radius 1 is 1.40 bits per heavy atom. The summed E-state index contributed by atoms with van der Waals surface area (Å²) < 4.78 is 0. The van der Waals surface area contributed by atoms with Gasteiger partial charge in [0, 0.05) is 0 Å². The van der Waals surface area contributed by atoms with Crippen molar-refractivity contribution in [2.75, 3.05) is 0 Å². The van der Waals surface area contributed by atoms with Crippen molar-refractivity contribution in [3.63, 3.8) is 0 Å². The van der Waals surface area contributed by atoms with Crippen LogP contribution in [0.4, 0.5) is 0 Å². The molecular weight excluding hydrogens is 192 g/mol. The highest BCUT2D eigenvalue weighted by Gasteiger charge is 2.49. The van der Waals surface area contributed by atoms with Gasteiger partial charge < -0.3 is 10.2 Å². The lowest BCUT2D eigenvalue weighted by atomic mass is 9.80. The average Bonchev–Trinajstić information content (AvgIpc) is 2.37. The second-order valence-electron chi connectivity index (χ2n) is 5.62. The van der Waals surface area contributed by atoms with Crippen LogP contribution in [0.5, 0.6) is 0 Å². The highest BCUT2D eigenvalue weighted by atomic mass is 16.4. The summed E-state index contributed by atoms with van der Waals surface area (Å²) in [6.07, 6.45) is 3.52. The molecule has 1 saturated carbocycles. The Morgan fingerprint density at radius 2 is 2.00 bits per heavy atom. The van der Waals surface area contributed by atoms with Crippen molar-refractivity contribution < 1.29 is 15.0 Å². The van der Waals surface area contributed by atoms with Gasteiger partial charge in [-0.25, -0.2) is 0 Å². The van der Waals surface area contributed by atoms with E-state index in [1.165, 1.54) is 0 Å². The van der Waals surface area contributed by atoms with E-state index in [1.54, 1.807) is 0 Å². The van der Waals surface area contributed by atoms with Crippen molar-refractivity contribution in [1.82, 2.24) is 0 Å². The lowest BCUT2D eigenvalue weighted by Gasteiger charge is -2.31. The Labute approximate surface area is 91.5 Å². The minimum absolute atomic E-state index is 0.0796. The van der Waals surface area contributed by atoms with Crippen LogP contribution in [-0.4, -0.2) is 21.8 Å². The van der Waals surface area contributed by atoms with E-state index < -0.39 is 17.5 Å². The number of carboxylic acid groups (broad SMARTS) is 1. The molecule has 88 valence electrons. The molecule has 3 heteroatoms. The van der Waals surface area contributed by atoms with Crippen LogP contribution in [0.2, 0.25) is 0 Å². The zero-order chi connectivity index (χ0) is 11.7. The van der Waals surface area contributed by atoms with E-state index in [0.717, 1.165) is 12.8 Å². The minimum atomic E-state index is -0.981. The van der Waals surface area contributed by atoms with Crippen LogP contribution in [-0.2, 0) is 4.79 Å². The van der Waals surface area contributed by atoms with Crippen molar-refractivity contribution in [3.05, 3.63) is 0 Å². The summed E-state index contributed by atoms with van der Waals surface area (Å²) in [5, 5.41) is 19.5. The predicted molar refractivity (Wildman–Crippen MR) is 58.6 cm³/mol. The Morgan fingerprint density at radius 3 is 2.33 bits per heavy atom. The van der Waals surface area contributed by atoms with Gasteiger partial charge in [0.1, 0.15) is 0 Å². The van der Waals surface area contributed by atoms with Crippen LogP contribution in [0.1, 0.15) is 52.9 Å². The van der Waals surface area contributed by atoms with E-state index in [1.807, 2.05) is 6.92 Å². The average molecular weight is 214 g/mol. The Kier molecular flexibility index (Phi) is 3.44. The van der Waals surface area contributed by atoms with Gasteiger partial charge in [0.25, 0.3) is 0 Å². The van der Waals surface area contributed by atoms with E-state index in [-0.39, 0.29) is 5.41 Å². The first-order valence-electron chi connectivity index (χ1n) is 5.76. The van der Waals surface area contributed by atoms with E-state index >= 15 is 0 Å².